The number of nitrogen functional groups attached to an aromatic ring is 1. The molecule has 0 saturated heterocycles. The zero-order valence-electron chi connectivity index (χ0n) is 21.7. The number of rotatable bonds is 11. The lowest BCUT2D eigenvalue weighted by Crippen LogP contribution is -2.22. The highest BCUT2D eigenvalue weighted by molar-refractivity contribution is 8.17. The lowest BCUT2D eigenvalue weighted by Gasteiger charge is -2.23. The number of amides is 1. The lowest BCUT2D eigenvalue weighted by molar-refractivity contribution is -0.116. The quantitative estimate of drug-likeness (QED) is 0.436. The highest BCUT2D eigenvalue weighted by Crippen LogP contribution is 2.35. The van der Waals surface area contributed by atoms with Crippen molar-refractivity contribution in [3.63, 3.8) is 0 Å². The first kappa shape index (κ1) is 28.3. The zero-order chi connectivity index (χ0) is 26.2. The molecule has 0 unspecified atom stereocenters. The lowest BCUT2D eigenvalue weighted by atomic mass is 9.86. The Morgan fingerprint density at radius 1 is 1.29 bits per heavy atom. The molecule has 0 aliphatic carbocycles. The van der Waals surface area contributed by atoms with Crippen LogP contribution in [-0.2, 0) is 21.5 Å². The molecule has 2 N–H and O–H groups in total. The number of allylic oxidation sites excluding steroid dienone is 1. The van der Waals surface area contributed by atoms with Crippen LogP contribution in [0.5, 0.6) is 5.75 Å². The summed E-state index contributed by atoms with van der Waals surface area (Å²) in [5, 5.41) is -0.164. The Balaban J connectivity index is 2.40. The van der Waals surface area contributed by atoms with E-state index in [2.05, 4.69) is 30.7 Å². The third kappa shape index (κ3) is 7.80. The molecule has 2 rings (SSSR count). The van der Waals surface area contributed by atoms with Crippen LogP contribution in [0, 0.1) is 6.92 Å². The number of carbonyl (C=O) groups is 2. The largest absolute Gasteiger partial charge is 0.493 e. The van der Waals surface area contributed by atoms with E-state index in [0.717, 1.165) is 28.6 Å². The van der Waals surface area contributed by atoms with Gasteiger partial charge in [-0.3, -0.25) is 9.59 Å². The maximum absolute atomic E-state index is 13.4. The van der Waals surface area contributed by atoms with Crippen LogP contribution in [0.25, 0.3) is 0 Å². The molecule has 35 heavy (non-hydrogen) atoms. The number of anilines is 1. The standard InChI is InChI=1S/C26H36N4O4S/c1-8-34-22-13-20(26(4,5)6)9-10-21(22)25(32)35-23(11-12-33-7)17(2)30(16-31)15-19-14-28-18(3)29-24(19)27/h9-10,13-14,16H,8,11-12,15H2,1-7H3,(H2,27,28,29)/b23-17-. The Morgan fingerprint density at radius 3 is 2.57 bits per heavy atom. The fraction of sp³-hybridized carbons (Fsp3) is 0.462. The fourth-order valence-corrected chi connectivity index (χ4v) is 4.27. The molecule has 0 fully saturated rings. The first-order valence-corrected chi connectivity index (χ1v) is 12.3. The number of thioether (sulfide) groups is 1. The van der Waals surface area contributed by atoms with E-state index in [1.54, 1.807) is 27.2 Å². The number of aryl methyl sites for hydroxylation is 1. The van der Waals surface area contributed by atoms with Gasteiger partial charge < -0.3 is 20.1 Å². The molecule has 1 aromatic heterocycles. The predicted octanol–water partition coefficient (Wildman–Crippen LogP) is 4.86. The summed E-state index contributed by atoms with van der Waals surface area (Å²) >= 11 is 1.08. The molecule has 1 amide bonds. The number of nitrogens with zero attached hydrogens (tertiary/aromatic N) is 3. The molecular formula is C26H36N4O4S. The van der Waals surface area contributed by atoms with Crippen molar-refractivity contribution in [2.24, 2.45) is 0 Å². The molecule has 0 saturated carbocycles. The molecule has 0 radical (unpaired) electrons. The Hall–Kier alpha value is -2.91. The number of aromatic nitrogens is 2. The second-order valence-electron chi connectivity index (χ2n) is 9.10. The minimum absolute atomic E-state index is 0.0767. The van der Waals surface area contributed by atoms with Gasteiger partial charge in [-0.1, -0.05) is 26.8 Å². The van der Waals surface area contributed by atoms with Gasteiger partial charge in [0.25, 0.3) is 0 Å². The Labute approximate surface area is 212 Å². The van der Waals surface area contributed by atoms with Crippen LogP contribution in [0.4, 0.5) is 5.82 Å². The number of carbonyl (C=O) groups excluding carboxylic acids is 2. The van der Waals surface area contributed by atoms with E-state index in [0.29, 0.717) is 53.9 Å². The van der Waals surface area contributed by atoms with Gasteiger partial charge in [-0.25, -0.2) is 9.97 Å². The summed E-state index contributed by atoms with van der Waals surface area (Å²) in [6.07, 6.45) is 2.79. The van der Waals surface area contributed by atoms with Gasteiger partial charge in [0.05, 0.1) is 25.3 Å². The van der Waals surface area contributed by atoms with Crippen molar-refractivity contribution >= 4 is 29.1 Å². The fourth-order valence-electron chi connectivity index (χ4n) is 3.31. The number of benzene rings is 1. The Bertz CT molecular complexity index is 1080. The van der Waals surface area contributed by atoms with Crippen LogP contribution < -0.4 is 10.5 Å². The van der Waals surface area contributed by atoms with E-state index < -0.39 is 0 Å². The minimum Gasteiger partial charge on any atom is -0.493 e. The van der Waals surface area contributed by atoms with Crippen molar-refractivity contribution in [3.05, 3.63) is 57.5 Å². The van der Waals surface area contributed by atoms with Gasteiger partial charge in [-0.2, -0.15) is 0 Å². The molecular weight excluding hydrogens is 464 g/mol. The molecule has 0 bridgehead atoms. The van der Waals surface area contributed by atoms with Gasteiger partial charge in [0.1, 0.15) is 17.4 Å². The average molecular weight is 501 g/mol. The van der Waals surface area contributed by atoms with E-state index in [4.69, 9.17) is 15.2 Å². The molecule has 9 heteroatoms. The summed E-state index contributed by atoms with van der Waals surface area (Å²) in [5.74, 6) is 1.43. The Morgan fingerprint density at radius 2 is 2.00 bits per heavy atom. The van der Waals surface area contributed by atoms with Crippen molar-refractivity contribution in [1.82, 2.24) is 14.9 Å². The zero-order valence-corrected chi connectivity index (χ0v) is 22.5. The molecule has 1 heterocycles. The number of hydrogen-bond donors (Lipinski definition) is 1. The van der Waals surface area contributed by atoms with Gasteiger partial charge >= 0.3 is 0 Å². The van der Waals surface area contributed by atoms with E-state index in [1.807, 2.05) is 25.1 Å². The molecule has 8 nitrogen and oxygen atoms in total. The highest BCUT2D eigenvalue weighted by atomic mass is 32.2. The van der Waals surface area contributed by atoms with Gasteiger partial charge in [0.2, 0.25) is 11.5 Å². The molecule has 190 valence electrons. The van der Waals surface area contributed by atoms with Crippen LogP contribution in [-0.4, -0.2) is 46.7 Å². The van der Waals surface area contributed by atoms with Crippen molar-refractivity contribution < 1.29 is 19.1 Å². The van der Waals surface area contributed by atoms with Crippen LogP contribution in [0.1, 0.15) is 68.3 Å². The number of methoxy groups -OCH3 is 1. The summed E-state index contributed by atoms with van der Waals surface area (Å²) < 4.78 is 11.1. The summed E-state index contributed by atoms with van der Waals surface area (Å²) in [4.78, 5) is 36.0. The normalized spacial score (nSPS) is 12.2. The summed E-state index contributed by atoms with van der Waals surface area (Å²) in [6, 6.07) is 5.70. The second kappa shape index (κ2) is 12.7. The van der Waals surface area contributed by atoms with Gasteiger partial charge in [0, 0.05) is 35.9 Å². The second-order valence-corrected chi connectivity index (χ2v) is 10.2. The van der Waals surface area contributed by atoms with Crippen molar-refractivity contribution in [3.8, 4) is 5.75 Å². The molecule has 2 aromatic rings. The van der Waals surface area contributed by atoms with E-state index in [-0.39, 0.29) is 17.1 Å². The average Bonchev–Trinajstić information content (AvgIpc) is 2.80. The number of nitrogens with two attached hydrogens (primary N) is 1. The molecule has 0 atom stereocenters. The van der Waals surface area contributed by atoms with Crippen molar-refractivity contribution in [1.29, 1.82) is 0 Å². The van der Waals surface area contributed by atoms with Gasteiger partial charge in [-0.15, -0.1) is 0 Å². The van der Waals surface area contributed by atoms with Crippen molar-refractivity contribution in [2.45, 2.75) is 59.9 Å². The van der Waals surface area contributed by atoms with Gasteiger partial charge in [0.15, 0.2) is 0 Å². The van der Waals surface area contributed by atoms with Crippen LogP contribution >= 0.6 is 11.8 Å². The minimum atomic E-state index is -0.164. The number of ether oxygens (including phenoxy) is 2. The smallest absolute Gasteiger partial charge is 0.227 e. The maximum atomic E-state index is 13.4. The van der Waals surface area contributed by atoms with E-state index in [1.165, 1.54) is 4.90 Å². The molecule has 1 aromatic carbocycles. The van der Waals surface area contributed by atoms with Crippen LogP contribution in [0.3, 0.4) is 0 Å². The first-order chi connectivity index (χ1) is 16.5. The topological polar surface area (TPSA) is 108 Å². The summed E-state index contributed by atoms with van der Waals surface area (Å²) in [7, 11) is 1.60. The summed E-state index contributed by atoms with van der Waals surface area (Å²) in [6.45, 7) is 12.8. The molecule has 0 spiro atoms. The Kier molecular flexibility index (Phi) is 10.3. The molecule has 0 aliphatic heterocycles. The van der Waals surface area contributed by atoms with E-state index in [9.17, 15) is 9.59 Å². The third-order valence-electron chi connectivity index (χ3n) is 5.44. The third-order valence-corrected chi connectivity index (χ3v) is 6.59. The summed E-state index contributed by atoms with van der Waals surface area (Å²) in [5.41, 5.74) is 8.78. The first-order valence-electron chi connectivity index (χ1n) is 11.5. The monoisotopic (exact) mass is 500 g/mol. The van der Waals surface area contributed by atoms with Crippen LogP contribution in [0.2, 0.25) is 0 Å². The van der Waals surface area contributed by atoms with E-state index >= 15 is 0 Å². The highest BCUT2D eigenvalue weighted by Gasteiger charge is 2.22. The number of hydrogen-bond acceptors (Lipinski definition) is 8. The van der Waals surface area contributed by atoms with Crippen molar-refractivity contribution in [2.75, 3.05) is 26.1 Å². The van der Waals surface area contributed by atoms with Gasteiger partial charge in [-0.05, 0) is 55.6 Å². The molecule has 0 aliphatic rings. The van der Waals surface area contributed by atoms with Crippen LogP contribution in [0.15, 0.2) is 35.0 Å². The maximum Gasteiger partial charge on any atom is 0.227 e. The predicted molar refractivity (Wildman–Crippen MR) is 140 cm³/mol. The SMILES string of the molecule is CCOc1cc(C(C)(C)C)ccc1C(=O)S/C(CCOC)=C(/C)N(C=O)Cc1cnc(C)nc1N.